The molecule has 3 N–H and O–H groups in total. The summed E-state index contributed by atoms with van der Waals surface area (Å²) in [7, 11) is 0. The van der Waals surface area contributed by atoms with Gasteiger partial charge in [-0.25, -0.2) is 0 Å². The average Bonchev–Trinajstić information content (AvgIpc) is 2.80. The molecule has 0 aliphatic heterocycles. The van der Waals surface area contributed by atoms with Crippen molar-refractivity contribution in [2.24, 2.45) is 11.8 Å². The van der Waals surface area contributed by atoms with Crippen LogP contribution in [0, 0.1) is 24.2 Å². The third-order valence-electron chi connectivity index (χ3n) is 3.50. The van der Waals surface area contributed by atoms with Crippen LogP contribution < -0.4 is 10.6 Å². The number of hydrogen-bond donors (Lipinski definition) is 3. The van der Waals surface area contributed by atoms with E-state index in [9.17, 15) is 9.90 Å². The second-order valence-corrected chi connectivity index (χ2v) is 4.69. The Bertz CT molecular complexity index is 286. The number of carbonyl (C=O) groups is 1. The predicted molar refractivity (Wildman–Crippen MR) is 67.2 cm³/mol. The van der Waals surface area contributed by atoms with Crippen molar-refractivity contribution in [3.8, 4) is 12.3 Å². The SMILES string of the molecule is C#CCNC(=O)C(C)NCC1CCCC1CO. The smallest absolute Gasteiger partial charge is 0.237 e. The van der Waals surface area contributed by atoms with Gasteiger partial charge in [0, 0.05) is 6.61 Å². The Morgan fingerprint density at radius 3 is 2.88 bits per heavy atom. The zero-order chi connectivity index (χ0) is 12.7. The number of carbonyl (C=O) groups excluding carboxylic acids is 1. The monoisotopic (exact) mass is 238 g/mol. The summed E-state index contributed by atoms with van der Waals surface area (Å²) in [6, 6.07) is -0.233. The quantitative estimate of drug-likeness (QED) is 0.576. The average molecular weight is 238 g/mol. The van der Waals surface area contributed by atoms with Gasteiger partial charge < -0.3 is 15.7 Å². The molecular formula is C13H22N2O2. The number of aliphatic hydroxyl groups is 1. The van der Waals surface area contributed by atoms with Crippen molar-refractivity contribution in [2.45, 2.75) is 32.2 Å². The molecule has 0 aromatic carbocycles. The van der Waals surface area contributed by atoms with Crippen molar-refractivity contribution in [3.63, 3.8) is 0 Å². The molecule has 0 spiro atoms. The van der Waals surface area contributed by atoms with Gasteiger partial charge in [0.1, 0.15) is 0 Å². The summed E-state index contributed by atoms with van der Waals surface area (Å²) in [4.78, 5) is 11.5. The number of aliphatic hydroxyl groups excluding tert-OH is 1. The maximum absolute atomic E-state index is 11.5. The van der Waals surface area contributed by atoms with E-state index in [1.54, 1.807) is 0 Å². The van der Waals surface area contributed by atoms with Crippen LogP contribution in [-0.2, 0) is 4.79 Å². The van der Waals surface area contributed by atoms with Gasteiger partial charge >= 0.3 is 0 Å². The minimum atomic E-state index is -0.233. The van der Waals surface area contributed by atoms with E-state index in [1.165, 1.54) is 6.42 Å². The minimum Gasteiger partial charge on any atom is -0.396 e. The molecule has 0 heterocycles. The van der Waals surface area contributed by atoms with Crippen molar-refractivity contribution < 1.29 is 9.90 Å². The molecule has 0 radical (unpaired) electrons. The summed E-state index contributed by atoms with van der Waals surface area (Å²) in [5.41, 5.74) is 0. The first kappa shape index (κ1) is 14.0. The molecule has 3 unspecified atom stereocenters. The van der Waals surface area contributed by atoms with Crippen LogP contribution in [0.25, 0.3) is 0 Å². The second-order valence-electron chi connectivity index (χ2n) is 4.69. The summed E-state index contributed by atoms with van der Waals surface area (Å²) in [6.07, 6.45) is 8.48. The molecule has 0 aromatic rings. The van der Waals surface area contributed by atoms with Crippen molar-refractivity contribution in [1.29, 1.82) is 0 Å². The van der Waals surface area contributed by atoms with E-state index >= 15 is 0 Å². The van der Waals surface area contributed by atoms with E-state index in [-0.39, 0.29) is 25.1 Å². The van der Waals surface area contributed by atoms with Gasteiger partial charge in [0.05, 0.1) is 12.6 Å². The molecule has 17 heavy (non-hydrogen) atoms. The standard InChI is InChI=1S/C13H22N2O2/c1-3-7-14-13(17)10(2)15-8-11-5-4-6-12(11)9-16/h1,10-12,15-16H,4-9H2,2H3,(H,14,17). The molecule has 96 valence electrons. The fraction of sp³-hybridized carbons (Fsp3) is 0.769. The van der Waals surface area contributed by atoms with E-state index in [0.717, 1.165) is 19.4 Å². The van der Waals surface area contributed by atoms with Gasteiger partial charge in [-0.3, -0.25) is 4.79 Å². The lowest BCUT2D eigenvalue weighted by Gasteiger charge is -2.20. The van der Waals surface area contributed by atoms with Gasteiger partial charge in [-0.2, -0.15) is 0 Å². The first-order valence-corrected chi connectivity index (χ1v) is 6.24. The maximum atomic E-state index is 11.5. The van der Waals surface area contributed by atoms with Crippen LogP contribution in [0.3, 0.4) is 0 Å². The van der Waals surface area contributed by atoms with Crippen LogP contribution in [0.4, 0.5) is 0 Å². The highest BCUT2D eigenvalue weighted by molar-refractivity contribution is 5.81. The minimum absolute atomic E-state index is 0.0681. The largest absolute Gasteiger partial charge is 0.396 e. The molecule has 0 bridgehead atoms. The van der Waals surface area contributed by atoms with Crippen LogP contribution in [0.1, 0.15) is 26.2 Å². The lowest BCUT2D eigenvalue weighted by atomic mass is 9.97. The molecule has 1 aliphatic rings. The van der Waals surface area contributed by atoms with Gasteiger partial charge in [-0.15, -0.1) is 6.42 Å². The molecular weight excluding hydrogens is 216 g/mol. The Morgan fingerprint density at radius 1 is 1.53 bits per heavy atom. The van der Waals surface area contributed by atoms with Crippen LogP contribution in [-0.4, -0.2) is 36.8 Å². The van der Waals surface area contributed by atoms with Gasteiger partial charge in [0.2, 0.25) is 5.91 Å². The molecule has 1 saturated carbocycles. The third-order valence-corrected chi connectivity index (χ3v) is 3.50. The first-order valence-electron chi connectivity index (χ1n) is 6.24. The number of hydrogen-bond acceptors (Lipinski definition) is 3. The van der Waals surface area contributed by atoms with E-state index in [4.69, 9.17) is 6.42 Å². The van der Waals surface area contributed by atoms with Crippen LogP contribution in [0.2, 0.25) is 0 Å². The molecule has 4 heteroatoms. The lowest BCUT2D eigenvalue weighted by Crippen LogP contribution is -2.44. The van der Waals surface area contributed by atoms with Gasteiger partial charge in [-0.05, 0) is 38.1 Å². The lowest BCUT2D eigenvalue weighted by molar-refractivity contribution is -0.122. The highest BCUT2D eigenvalue weighted by atomic mass is 16.3. The molecule has 1 amide bonds. The van der Waals surface area contributed by atoms with Crippen molar-refractivity contribution in [3.05, 3.63) is 0 Å². The van der Waals surface area contributed by atoms with Crippen molar-refractivity contribution in [1.82, 2.24) is 10.6 Å². The molecule has 1 aliphatic carbocycles. The molecule has 1 fully saturated rings. The van der Waals surface area contributed by atoms with Crippen LogP contribution in [0.15, 0.2) is 0 Å². The summed E-state index contributed by atoms with van der Waals surface area (Å²) in [5.74, 6) is 3.19. The zero-order valence-electron chi connectivity index (χ0n) is 10.4. The Morgan fingerprint density at radius 2 is 2.24 bits per heavy atom. The maximum Gasteiger partial charge on any atom is 0.237 e. The predicted octanol–water partition coefficient (Wildman–Crippen LogP) is 0.123. The van der Waals surface area contributed by atoms with Crippen LogP contribution >= 0.6 is 0 Å². The summed E-state index contributed by atoms with van der Waals surface area (Å²) in [6.45, 7) is 3.14. The number of nitrogens with one attached hydrogen (secondary N) is 2. The summed E-state index contributed by atoms with van der Waals surface area (Å²) in [5, 5.41) is 15.0. The fourth-order valence-electron chi connectivity index (χ4n) is 2.33. The summed E-state index contributed by atoms with van der Waals surface area (Å²) >= 11 is 0. The van der Waals surface area contributed by atoms with E-state index in [1.807, 2.05) is 6.92 Å². The van der Waals surface area contributed by atoms with Crippen LogP contribution in [0.5, 0.6) is 0 Å². The molecule has 4 nitrogen and oxygen atoms in total. The van der Waals surface area contributed by atoms with E-state index in [0.29, 0.717) is 11.8 Å². The summed E-state index contributed by atoms with van der Waals surface area (Å²) < 4.78 is 0. The second kappa shape index (κ2) is 7.31. The molecule has 0 saturated heterocycles. The zero-order valence-corrected chi connectivity index (χ0v) is 10.4. The third kappa shape index (κ3) is 4.37. The number of amides is 1. The Labute approximate surface area is 103 Å². The van der Waals surface area contributed by atoms with Crippen molar-refractivity contribution in [2.75, 3.05) is 19.7 Å². The highest BCUT2D eigenvalue weighted by Crippen LogP contribution is 2.30. The van der Waals surface area contributed by atoms with Gasteiger partial charge in [-0.1, -0.05) is 12.3 Å². The molecule has 1 rings (SSSR count). The topological polar surface area (TPSA) is 61.4 Å². The highest BCUT2D eigenvalue weighted by Gasteiger charge is 2.27. The van der Waals surface area contributed by atoms with Gasteiger partial charge in [0.15, 0.2) is 0 Å². The normalized spacial score (nSPS) is 25.2. The molecule has 3 atom stereocenters. The number of terminal acetylenes is 1. The van der Waals surface area contributed by atoms with E-state index in [2.05, 4.69) is 16.6 Å². The Kier molecular flexibility index (Phi) is 6.03. The van der Waals surface area contributed by atoms with E-state index < -0.39 is 0 Å². The number of rotatable bonds is 6. The van der Waals surface area contributed by atoms with Crippen molar-refractivity contribution >= 4 is 5.91 Å². The first-order chi connectivity index (χ1) is 8.19. The molecule has 0 aromatic heterocycles. The Hall–Kier alpha value is -1.05. The van der Waals surface area contributed by atoms with Gasteiger partial charge in [0.25, 0.3) is 0 Å². The fourth-order valence-corrected chi connectivity index (χ4v) is 2.33. The Balaban J connectivity index is 2.25.